The average molecular weight is 681 g/mol. The van der Waals surface area contributed by atoms with Crippen LogP contribution in [-0.4, -0.2) is 95.4 Å². The SMILES string of the molecule is CCn1cc(C[C@H](CC(=O)[C@H](CC(=O)O)NC(=O)[C@@H](CC(=O)[C@H](CCC(=O)O)NC(=O)[C@@H](CC(C)=O)CC(=O)O)C(C)C)C(N)=O)nn1. The van der Waals surface area contributed by atoms with E-state index in [2.05, 4.69) is 20.9 Å². The number of carboxylic acid groups (broad SMARTS) is 3. The lowest BCUT2D eigenvalue weighted by Gasteiger charge is -2.26. The fourth-order valence-electron chi connectivity index (χ4n) is 4.87. The van der Waals surface area contributed by atoms with E-state index in [-0.39, 0.29) is 6.42 Å². The Hall–Kier alpha value is -5.03. The molecular formula is C30H44N6O12. The molecule has 18 nitrogen and oxygen atoms in total. The first-order valence-corrected chi connectivity index (χ1v) is 15.3. The summed E-state index contributed by atoms with van der Waals surface area (Å²) in [6, 6.07) is -3.07. The summed E-state index contributed by atoms with van der Waals surface area (Å²) >= 11 is 0. The summed E-state index contributed by atoms with van der Waals surface area (Å²) in [5.41, 5.74) is 5.86. The van der Waals surface area contributed by atoms with Gasteiger partial charge in [0.25, 0.3) is 0 Å². The smallest absolute Gasteiger partial charge is 0.305 e. The van der Waals surface area contributed by atoms with Crippen LogP contribution in [0.15, 0.2) is 6.20 Å². The Morgan fingerprint density at radius 3 is 1.85 bits per heavy atom. The number of nitrogens with two attached hydrogens (primary N) is 1. The first-order valence-electron chi connectivity index (χ1n) is 15.3. The summed E-state index contributed by atoms with van der Waals surface area (Å²) in [6.07, 6.45) is -2.61. The van der Waals surface area contributed by atoms with Crippen LogP contribution < -0.4 is 16.4 Å². The van der Waals surface area contributed by atoms with Crippen LogP contribution in [0.25, 0.3) is 0 Å². The summed E-state index contributed by atoms with van der Waals surface area (Å²) in [5.74, 6) is -13.1. The highest BCUT2D eigenvalue weighted by Crippen LogP contribution is 2.21. The minimum absolute atomic E-state index is 0.0683. The first-order chi connectivity index (χ1) is 22.3. The number of hydrogen-bond donors (Lipinski definition) is 6. The number of rotatable bonds is 24. The maximum Gasteiger partial charge on any atom is 0.305 e. The van der Waals surface area contributed by atoms with Gasteiger partial charge in [-0.3, -0.25) is 43.0 Å². The Kier molecular flexibility index (Phi) is 16.7. The number of carboxylic acids is 3. The van der Waals surface area contributed by atoms with E-state index in [0.29, 0.717) is 12.2 Å². The van der Waals surface area contributed by atoms with Gasteiger partial charge in [-0.25, -0.2) is 0 Å². The van der Waals surface area contributed by atoms with Gasteiger partial charge in [-0.15, -0.1) is 5.10 Å². The molecule has 0 aromatic carbocycles. The van der Waals surface area contributed by atoms with Gasteiger partial charge in [-0.05, 0) is 26.2 Å². The highest BCUT2D eigenvalue weighted by Gasteiger charge is 2.35. The van der Waals surface area contributed by atoms with E-state index in [1.54, 1.807) is 20.0 Å². The van der Waals surface area contributed by atoms with Crippen molar-refractivity contribution in [1.82, 2.24) is 25.6 Å². The summed E-state index contributed by atoms with van der Waals surface area (Å²) in [7, 11) is 0. The molecule has 266 valence electrons. The second-order valence-corrected chi connectivity index (χ2v) is 11.9. The van der Waals surface area contributed by atoms with Crippen LogP contribution in [0.2, 0.25) is 0 Å². The highest BCUT2D eigenvalue weighted by molar-refractivity contribution is 5.97. The van der Waals surface area contributed by atoms with Gasteiger partial charge in [0.15, 0.2) is 11.6 Å². The van der Waals surface area contributed by atoms with E-state index in [9.17, 15) is 53.4 Å². The Balaban J connectivity index is 3.19. The van der Waals surface area contributed by atoms with Gasteiger partial charge >= 0.3 is 17.9 Å². The van der Waals surface area contributed by atoms with E-state index in [1.807, 2.05) is 6.92 Å². The zero-order valence-corrected chi connectivity index (χ0v) is 27.3. The molecule has 0 saturated heterocycles. The van der Waals surface area contributed by atoms with E-state index in [0.717, 1.165) is 6.92 Å². The zero-order valence-electron chi connectivity index (χ0n) is 27.3. The van der Waals surface area contributed by atoms with Crippen molar-refractivity contribution in [2.45, 2.75) is 97.7 Å². The van der Waals surface area contributed by atoms with Crippen molar-refractivity contribution in [1.29, 1.82) is 0 Å². The van der Waals surface area contributed by atoms with Gasteiger partial charge < -0.3 is 36.5 Å². The lowest BCUT2D eigenvalue weighted by Crippen LogP contribution is -2.49. The van der Waals surface area contributed by atoms with Crippen LogP contribution in [0.4, 0.5) is 0 Å². The molecule has 0 fully saturated rings. The number of aryl methyl sites for hydroxylation is 1. The van der Waals surface area contributed by atoms with Gasteiger partial charge in [0, 0.05) is 50.8 Å². The molecule has 48 heavy (non-hydrogen) atoms. The standard InChI is InChI=1S/C30H44N6O12/c1-5-36-14-19(34-35-36)9-17(28(31)46)10-23(38)22(13-27(44)45)33-30(48)20(15(2)3)12-24(39)21(6-7-25(40)41)32-29(47)18(8-16(4)37)11-26(42)43/h14-15,17-18,20-22H,5-13H2,1-4H3,(H2,31,46)(H,32,47)(H,33,48)(H,40,41)(H,42,43)(H,44,45)/t17-,18+,20+,21+,22+/m1/s1. The third-order valence-electron chi connectivity index (χ3n) is 7.54. The number of carbonyl (C=O) groups is 9. The second-order valence-electron chi connectivity index (χ2n) is 11.9. The number of aliphatic carboxylic acids is 3. The topological polar surface area (TPSA) is 295 Å². The number of primary amides is 1. The van der Waals surface area contributed by atoms with Crippen molar-refractivity contribution in [3.63, 3.8) is 0 Å². The van der Waals surface area contributed by atoms with Gasteiger partial charge in [-0.1, -0.05) is 19.1 Å². The predicted molar refractivity (Wildman–Crippen MR) is 164 cm³/mol. The van der Waals surface area contributed by atoms with Gasteiger partial charge in [0.1, 0.15) is 5.78 Å². The number of amides is 3. The monoisotopic (exact) mass is 680 g/mol. The molecule has 0 saturated carbocycles. The van der Waals surface area contributed by atoms with E-state index < -0.39 is 134 Å². The molecule has 5 atom stereocenters. The van der Waals surface area contributed by atoms with Crippen molar-refractivity contribution >= 4 is 53.0 Å². The number of nitrogens with one attached hydrogen (secondary N) is 2. The molecular weight excluding hydrogens is 636 g/mol. The van der Waals surface area contributed by atoms with Crippen LogP contribution in [-0.2, 0) is 56.1 Å². The summed E-state index contributed by atoms with van der Waals surface area (Å²) in [6.45, 7) is 6.59. The zero-order chi connectivity index (χ0) is 36.7. The van der Waals surface area contributed by atoms with Crippen molar-refractivity contribution in [3.05, 3.63) is 11.9 Å². The maximum absolute atomic E-state index is 13.4. The Bertz CT molecular complexity index is 1360. The summed E-state index contributed by atoms with van der Waals surface area (Å²) in [5, 5.41) is 40.2. The van der Waals surface area contributed by atoms with Crippen molar-refractivity contribution < 1.29 is 58.5 Å². The van der Waals surface area contributed by atoms with Crippen LogP contribution in [0.3, 0.4) is 0 Å². The number of aromatic nitrogens is 3. The second kappa shape index (κ2) is 19.6. The molecule has 0 aliphatic carbocycles. The maximum atomic E-state index is 13.4. The number of nitrogens with zero attached hydrogens (tertiary/aromatic N) is 3. The minimum Gasteiger partial charge on any atom is -0.481 e. The molecule has 7 N–H and O–H groups in total. The summed E-state index contributed by atoms with van der Waals surface area (Å²) < 4.78 is 1.49. The Labute approximate surface area is 276 Å². The number of hydrogen-bond acceptors (Lipinski definition) is 11. The minimum atomic E-state index is -1.61. The number of carbonyl (C=O) groups excluding carboxylic acids is 6. The normalized spacial score (nSPS) is 14.2. The molecule has 1 rings (SSSR count). The fraction of sp³-hybridized carbons (Fsp3) is 0.633. The molecule has 1 heterocycles. The quantitative estimate of drug-likeness (QED) is 0.0803. The van der Waals surface area contributed by atoms with E-state index in [1.165, 1.54) is 4.68 Å². The molecule has 0 spiro atoms. The largest absolute Gasteiger partial charge is 0.481 e. The molecule has 1 aromatic heterocycles. The molecule has 1 aromatic rings. The lowest BCUT2D eigenvalue weighted by molar-refractivity contribution is -0.143. The molecule has 0 aliphatic rings. The number of Topliss-reactive ketones (excluding diaryl/α,β-unsaturated/α-hetero) is 3. The number of ketones is 3. The van der Waals surface area contributed by atoms with Gasteiger partial charge in [0.05, 0.1) is 42.5 Å². The van der Waals surface area contributed by atoms with Crippen LogP contribution in [0.1, 0.15) is 78.3 Å². The van der Waals surface area contributed by atoms with Crippen molar-refractivity contribution in [3.8, 4) is 0 Å². The Morgan fingerprint density at radius 1 is 0.792 bits per heavy atom. The third kappa shape index (κ3) is 14.6. The average Bonchev–Trinajstić information content (AvgIpc) is 3.43. The fourth-order valence-corrected chi connectivity index (χ4v) is 4.87. The van der Waals surface area contributed by atoms with Crippen molar-refractivity contribution in [2.24, 2.45) is 29.4 Å². The summed E-state index contributed by atoms with van der Waals surface area (Å²) in [4.78, 5) is 111. The van der Waals surface area contributed by atoms with Crippen LogP contribution in [0.5, 0.6) is 0 Å². The van der Waals surface area contributed by atoms with Crippen molar-refractivity contribution in [2.75, 3.05) is 0 Å². The Morgan fingerprint density at radius 2 is 1.38 bits per heavy atom. The third-order valence-corrected chi connectivity index (χ3v) is 7.54. The van der Waals surface area contributed by atoms with Crippen LogP contribution >= 0.6 is 0 Å². The van der Waals surface area contributed by atoms with Gasteiger partial charge in [-0.2, -0.15) is 0 Å². The van der Waals surface area contributed by atoms with E-state index in [4.69, 9.17) is 10.8 Å². The predicted octanol–water partition coefficient (Wildman–Crippen LogP) is -0.488. The molecule has 0 bridgehead atoms. The molecule has 0 radical (unpaired) electrons. The van der Waals surface area contributed by atoms with E-state index >= 15 is 0 Å². The molecule has 0 aliphatic heterocycles. The molecule has 18 heteroatoms. The van der Waals surface area contributed by atoms with Crippen LogP contribution in [0, 0.1) is 23.7 Å². The first kappa shape index (κ1) is 41.0. The van der Waals surface area contributed by atoms with Gasteiger partial charge in [0.2, 0.25) is 17.7 Å². The highest BCUT2D eigenvalue weighted by atomic mass is 16.4. The lowest BCUT2D eigenvalue weighted by atomic mass is 9.86. The molecule has 3 amide bonds. The molecule has 0 unspecified atom stereocenters.